The van der Waals surface area contributed by atoms with Crippen LogP contribution in [-0.2, 0) is 0 Å². The Morgan fingerprint density at radius 2 is 2.25 bits per heavy atom. The van der Waals surface area contributed by atoms with Gasteiger partial charge in [-0.25, -0.2) is 4.98 Å². The number of nitrogen functional groups attached to an aromatic ring is 1. The number of aromatic nitrogens is 1. The van der Waals surface area contributed by atoms with Gasteiger partial charge in [-0.3, -0.25) is 0 Å². The first-order valence-corrected chi connectivity index (χ1v) is 6.57. The summed E-state index contributed by atoms with van der Waals surface area (Å²) >= 11 is 2.03. The maximum atomic E-state index is 5.73. The summed E-state index contributed by atoms with van der Waals surface area (Å²) in [6.45, 7) is 8.78. The Bertz CT molecular complexity index is 390. The highest BCUT2D eigenvalue weighted by atomic mass is 32.2. The van der Waals surface area contributed by atoms with Crippen LogP contribution in [0, 0.1) is 6.92 Å². The van der Waals surface area contributed by atoms with E-state index in [2.05, 4.69) is 30.7 Å². The summed E-state index contributed by atoms with van der Waals surface area (Å²) < 4.78 is 0.313. The lowest BCUT2D eigenvalue weighted by atomic mass is 10.1. The van der Waals surface area contributed by atoms with Crippen molar-refractivity contribution in [3.8, 4) is 0 Å². The van der Waals surface area contributed by atoms with E-state index in [0.717, 1.165) is 24.6 Å². The quantitative estimate of drug-likeness (QED) is 0.814. The van der Waals surface area contributed by atoms with Crippen molar-refractivity contribution in [3.63, 3.8) is 0 Å². The molecule has 0 radical (unpaired) electrons. The second kappa shape index (κ2) is 4.17. The molecule has 0 aromatic carbocycles. The second-order valence-electron chi connectivity index (χ2n) is 4.94. The summed E-state index contributed by atoms with van der Waals surface area (Å²) in [5.41, 5.74) is 7.64. The maximum absolute atomic E-state index is 5.73. The fourth-order valence-corrected chi connectivity index (χ4v) is 3.23. The highest BCUT2D eigenvalue weighted by Gasteiger charge is 2.28. The molecule has 1 aromatic heterocycles. The molecule has 1 aromatic rings. The third-order valence-electron chi connectivity index (χ3n) is 2.80. The lowest BCUT2D eigenvalue weighted by molar-refractivity contribution is 0.641. The molecule has 2 rings (SSSR count). The number of hydrogen-bond donors (Lipinski definition) is 1. The van der Waals surface area contributed by atoms with Crippen molar-refractivity contribution in [2.75, 3.05) is 29.5 Å². The number of nitrogens with zero attached hydrogens (tertiary/aromatic N) is 2. The van der Waals surface area contributed by atoms with Gasteiger partial charge < -0.3 is 10.6 Å². The molecule has 1 fully saturated rings. The number of pyridine rings is 1. The summed E-state index contributed by atoms with van der Waals surface area (Å²) in [4.78, 5) is 6.83. The van der Waals surface area contributed by atoms with Gasteiger partial charge in [-0.15, -0.1) is 0 Å². The molecule has 0 unspecified atom stereocenters. The molecule has 4 heteroatoms. The highest BCUT2D eigenvalue weighted by Crippen LogP contribution is 2.32. The Morgan fingerprint density at radius 1 is 1.50 bits per heavy atom. The predicted molar refractivity (Wildman–Crippen MR) is 72.1 cm³/mol. The largest absolute Gasteiger partial charge is 0.397 e. The summed E-state index contributed by atoms with van der Waals surface area (Å²) in [5, 5.41) is 0. The van der Waals surface area contributed by atoms with E-state index < -0.39 is 0 Å². The first-order valence-electron chi connectivity index (χ1n) is 5.59. The third kappa shape index (κ3) is 2.43. The van der Waals surface area contributed by atoms with Crippen molar-refractivity contribution in [1.82, 2.24) is 4.98 Å². The lowest BCUT2D eigenvalue weighted by Crippen LogP contribution is -2.43. The minimum Gasteiger partial charge on any atom is -0.397 e. The van der Waals surface area contributed by atoms with E-state index in [0.29, 0.717) is 4.75 Å². The van der Waals surface area contributed by atoms with Gasteiger partial charge in [-0.2, -0.15) is 11.8 Å². The number of aryl methyl sites for hydroxylation is 1. The Labute approximate surface area is 101 Å². The van der Waals surface area contributed by atoms with Crippen molar-refractivity contribution < 1.29 is 0 Å². The van der Waals surface area contributed by atoms with Gasteiger partial charge in [0.1, 0.15) is 5.82 Å². The van der Waals surface area contributed by atoms with Gasteiger partial charge in [0, 0.05) is 23.6 Å². The Kier molecular flexibility index (Phi) is 3.02. The molecule has 1 aliphatic rings. The molecular weight excluding hydrogens is 218 g/mol. The number of hydrogen-bond acceptors (Lipinski definition) is 4. The molecule has 0 bridgehead atoms. The summed E-state index contributed by atoms with van der Waals surface area (Å²) in [7, 11) is 0. The maximum Gasteiger partial charge on any atom is 0.131 e. The lowest BCUT2D eigenvalue weighted by Gasteiger charge is -2.38. The van der Waals surface area contributed by atoms with Gasteiger partial charge >= 0.3 is 0 Å². The Hall–Kier alpha value is -0.900. The molecule has 3 nitrogen and oxygen atoms in total. The van der Waals surface area contributed by atoms with E-state index in [-0.39, 0.29) is 0 Å². The van der Waals surface area contributed by atoms with Gasteiger partial charge in [-0.05, 0) is 32.4 Å². The minimum atomic E-state index is 0.313. The second-order valence-corrected chi connectivity index (χ2v) is 6.74. The predicted octanol–water partition coefficient (Wildman–Crippen LogP) is 2.30. The van der Waals surface area contributed by atoms with Gasteiger partial charge in [0.05, 0.1) is 11.9 Å². The first-order chi connectivity index (χ1) is 7.48. The van der Waals surface area contributed by atoms with Crippen molar-refractivity contribution in [1.29, 1.82) is 0 Å². The van der Waals surface area contributed by atoms with Crippen molar-refractivity contribution >= 4 is 23.3 Å². The first kappa shape index (κ1) is 11.6. The van der Waals surface area contributed by atoms with Crippen LogP contribution in [0.1, 0.15) is 19.4 Å². The molecule has 0 amide bonds. The molecule has 16 heavy (non-hydrogen) atoms. The number of rotatable bonds is 1. The number of anilines is 2. The van der Waals surface area contributed by atoms with Gasteiger partial charge in [-0.1, -0.05) is 0 Å². The molecule has 1 saturated heterocycles. The van der Waals surface area contributed by atoms with Crippen LogP contribution in [0.25, 0.3) is 0 Å². The van der Waals surface area contributed by atoms with Crippen LogP contribution in [0.4, 0.5) is 11.5 Å². The van der Waals surface area contributed by atoms with Crippen LogP contribution < -0.4 is 10.6 Å². The van der Waals surface area contributed by atoms with Crippen LogP contribution in [0.5, 0.6) is 0 Å². The smallest absolute Gasteiger partial charge is 0.131 e. The average molecular weight is 237 g/mol. The van der Waals surface area contributed by atoms with E-state index >= 15 is 0 Å². The standard InChI is InChI=1S/C12H19N3S/c1-9-6-10(13)7-14-11(9)15-4-5-16-12(2,3)8-15/h6-7H,4-5,8,13H2,1-3H3. The van der Waals surface area contributed by atoms with Crippen molar-refractivity contribution in [3.05, 3.63) is 17.8 Å². The van der Waals surface area contributed by atoms with Crippen LogP contribution in [-0.4, -0.2) is 28.6 Å². The molecule has 2 heterocycles. The van der Waals surface area contributed by atoms with E-state index in [1.165, 1.54) is 11.3 Å². The number of thioether (sulfide) groups is 1. The number of nitrogens with two attached hydrogens (primary N) is 1. The zero-order valence-corrected chi connectivity index (χ0v) is 11.0. The Morgan fingerprint density at radius 3 is 2.88 bits per heavy atom. The van der Waals surface area contributed by atoms with E-state index in [4.69, 9.17) is 5.73 Å². The summed E-state index contributed by atoms with van der Waals surface area (Å²) in [6.07, 6.45) is 1.75. The summed E-state index contributed by atoms with van der Waals surface area (Å²) in [6, 6.07) is 2.00. The topological polar surface area (TPSA) is 42.1 Å². The van der Waals surface area contributed by atoms with Crippen molar-refractivity contribution in [2.24, 2.45) is 0 Å². The van der Waals surface area contributed by atoms with E-state index in [1.807, 2.05) is 17.8 Å². The minimum absolute atomic E-state index is 0.313. The molecular formula is C12H19N3S. The zero-order chi connectivity index (χ0) is 11.8. The van der Waals surface area contributed by atoms with Crippen molar-refractivity contribution in [2.45, 2.75) is 25.5 Å². The normalized spacial score (nSPS) is 19.8. The Balaban J connectivity index is 2.23. The van der Waals surface area contributed by atoms with Gasteiger partial charge in [0.25, 0.3) is 0 Å². The van der Waals surface area contributed by atoms with E-state index in [1.54, 1.807) is 6.20 Å². The molecule has 2 N–H and O–H groups in total. The third-order valence-corrected chi connectivity index (χ3v) is 4.09. The monoisotopic (exact) mass is 237 g/mol. The van der Waals surface area contributed by atoms with Crippen LogP contribution in [0.2, 0.25) is 0 Å². The fourth-order valence-electron chi connectivity index (χ4n) is 2.12. The fraction of sp³-hybridized carbons (Fsp3) is 0.583. The molecule has 0 saturated carbocycles. The SMILES string of the molecule is Cc1cc(N)cnc1N1CCSC(C)(C)C1. The molecule has 88 valence electrons. The van der Waals surface area contributed by atoms with Gasteiger partial charge in [0.15, 0.2) is 0 Å². The highest BCUT2D eigenvalue weighted by molar-refractivity contribution is 8.00. The average Bonchev–Trinajstić information content (AvgIpc) is 2.15. The molecule has 0 spiro atoms. The molecule has 1 aliphatic heterocycles. The van der Waals surface area contributed by atoms with Crippen LogP contribution in [0.3, 0.4) is 0 Å². The molecule has 0 atom stereocenters. The van der Waals surface area contributed by atoms with E-state index in [9.17, 15) is 0 Å². The van der Waals surface area contributed by atoms with Gasteiger partial charge in [0.2, 0.25) is 0 Å². The van der Waals surface area contributed by atoms with Crippen LogP contribution in [0.15, 0.2) is 12.3 Å². The van der Waals surface area contributed by atoms with Crippen LogP contribution >= 0.6 is 11.8 Å². The molecule has 0 aliphatic carbocycles. The zero-order valence-electron chi connectivity index (χ0n) is 10.2. The summed E-state index contributed by atoms with van der Waals surface area (Å²) in [5.74, 6) is 2.25.